The van der Waals surface area contributed by atoms with E-state index in [1.165, 1.54) is 5.57 Å². The van der Waals surface area contributed by atoms with E-state index in [2.05, 4.69) is 39.5 Å². The van der Waals surface area contributed by atoms with E-state index in [1.54, 1.807) is 26.8 Å². The van der Waals surface area contributed by atoms with Crippen LogP contribution in [0.25, 0.3) is 0 Å². The molecule has 0 unspecified atom stereocenters. The molecule has 0 aliphatic heterocycles. The molecule has 3 rings (SSSR count). The number of ketones is 1. The highest BCUT2D eigenvalue weighted by molar-refractivity contribution is 5.97. The Balaban J connectivity index is 1.76. The molecule has 0 heterocycles. The van der Waals surface area contributed by atoms with Crippen LogP contribution in [0.15, 0.2) is 47.6 Å². The summed E-state index contributed by atoms with van der Waals surface area (Å²) in [5.41, 5.74) is 1.70. The quantitative estimate of drug-likeness (QED) is 0.309. The van der Waals surface area contributed by atoms with E-state index in [4.69, 9.17) is 9.47 Å². The Hall–Kier alpha value is -2.18. The third kappa shape index (κ3) is 6.46. The zero-order valence-corrected chi connectivity index (χ0v) is 23.5. The SMILES string of the molecule is C=C1/C(=C\C=C2/CCC[C@]3(C)[C@@H](C(C)(C)/C=C/C(=O)C(C)(C)OC(=O)OCC)CC[C@@H]23)C[C@@H](O)C[C@@H]1O. The van der Waals surface area contributed by atoms with Crippen molar-refractivity contribution < 1.29 is 29.3 Å². The first kappa shape index (κ1) is 29.4. The molecule has 0 aromatic rings. The summed E-state index contributed by atoms with van der Waals surface area (Å²) < 4.78 is 10.1. The number of hydrogen-bond acceptors (Lipinski definition) is 6. The predicted molar refractivity (Wildman–Crippen MR) is 145 cm³/mol. The van der Waals surface area contributed by atoms with Gasteiger partial charge in [-0.1, -0.05) is 51.2 Å². The van der Waals surface area contributed by atoms with Crippen molar-refractivity contribution in [2.45, 2.75) is 104 Å². The molecule has 3 aliphatic carbocycles. The van der Waals surface area contributed by atoms with Gasteiger partial charge in [-0.15, -0.1) is 0 Å². The van der Waals surface area contributed by atoms with E-state index < -0.39 is 24.0 Å². The summed E-state index contributed by atoms with van der Waals surface area (Å²) in [5, 5.41) is 20.3. The maximum Gasteiger partial charge on any atom is 0.509 e. The normalized spacial score (nSPS) is 33.1. The summed E-state index contributed by atoms with van der Waals surface area (Å²) in [4.78, 5) is 24.7. The predicted octanol–water partition coefficient (Wildman–Crippen LogP) is 6.23. The summed E-state index contributed by atoms with van der Waals surface area (Å²) in [7, 11) is 0. The Bertz CT molecular complexity index is 984. The molecule has 6 heteroatoms. The molecule has 6 nitrogen and oxygen atoms in total. The van der Waals surface area contributed by atoms with E-state index in [0.29, 0.717) is 24.7 Å². The minimum atomic E-state index is -1.29. The van der Waals surface area contributed by atoms with Crippen LogP contribution >= 0.6 is 0 Å². The van der Waals surface area contributed by atoms with Crippen LogP contribution in [0.5, 0.6) is 0 Å². The lowest BCUT2D eigenvalue weighted by Crippen LogP contribution is -2.40. The fraction of sp³-hybridized carbons (Fsp3) is 0.677. The summed E-state index contributed by atoms with van der Waals surface area (Å²) in [6, 6.07) is 0. The first-order chi connectivity index (χ1) is 17.2. The summed E-state index contributed by atoms with van der Waals surface area (Å²) >= 11 is 0. The first-order valence-electron chi connectivity index (χ1n) is 13.8. The van der Waals surface area contributed by atoms with Gasteiger partial charge < -0.3 is 19.7 Å². The van der Waals surface area contributed by atoms with E-state index >= 15 is 0 Å². The van der Waals surface area contributed by atoms with Gasteiger partial charge in [-0.05, 0) is 99.2 Å². The number of fused-ring (bicyclic) bond motifs is 1. The fourth-order valence-corrected chi connectivity index (χ4v) is 6.94. The number of aliphatic hydroxyl groups excluding tert-OH is 2. The number of rotatable bonds is 7. The van der Waals surface area contributed by atoms with Crippen LogP contribution < -0.4 is 0 Å². The molecule has 0 spiro atoms. The minimum absolute atomic E-state index is 0.110. The van der Waals surface area contributed by atoms with Gasteiger partial charge in [0.05, 0.1) is 18.8 Å². The molecule has 37 heavy (non-hydrogen) atoms. The molecular weight excluding hydrogens is 468 g/mol. The monoisotopic (exact) mass is 514 g/mol. The van der Waals surface area contributed by atoms with Gasteiger partial charge in [0.25, 0.3) is 0 Å². The Morgan fingerprint density at radius 1 is 1.16 bits per heavy atom. The van der Waals surface area contributed by atoms with Gasteiger partial charge in [-0.3, -0.25) is 4.79 Å². The maximum absolute atomic E-state index is 12.9. The highest BCUT2D eigenvalue weighted by Crippen LogP contribution is 2.62. The highest BCUT2D eigenvalue weighted by Gasteiger charge is 2.53. The average molecular weight is 515 g/mol. The van der Waals surface area contributed by atoms with Crippen LogP contribution in [0.4, 0.5) is 4.79 Å². The number of hydrogen-bond donors (Lipinski definition) is 2. The zero-order chi connectivity index (χ0) is 27.6. The van der Waals surface area contributed by atoms with Gasteiger partial charge in [0.2, 0.25) is 0 Å². The van der Waals surface area contributed by atoms with Crippen LogP contribution in [0, 0.1) is 22.7 Å². The van der Waals surface area contributed by atoms with Crippen molar-refractivity contribution in [3.8, 4) is 0 Å². The molecule has 5 atom stereocenters. The van der Waals surface area contributed by atoms with Crippen LogP contribution in [0.3, 0.4) is 0 Å². The maximum atomic E-state index is 12.9. The largest absolute Gasteiger partial charge is 0.509 e. The van der Waals surface area contributed by atoms with Crippen LogP contribution in [0.2, 0.25) is 0 Å². The number of aliphatic hydroxyl groups is 2. The molecule has 0 aromatic carbocycles. The summed E-state index contributed by atoms with van der Waals surface area (Å²) in [6.45, 7) is 15.9. The molecule has 0 amide bonds. The lowest BCUT2D eigenvalue weighted by molar-refractivity contribution is -0.131. The standard InChI is InChI=1S/C31H46O6/c1-8-36-28(35)37-30(5,6)27(34)15-17-29(3,4)26-14-13-24-21(10-9-16-31(24,26)7)11-12-22-18-23(32)19-25(33)20(22)2/h11-12,15,17,23-26,32-33H,2,8-10,13-14,16,18-19H2,1,3-7H3/b17-15+,21-11+,22-12-/t23-,24+,25+,26-,31+/m1/s1. The van der Waals surface area contributed by atoms with Crippen LogP contribution in [-0.4, -0.2) is 46.6 Å². The first-order valence-corrected chi connectivity index (χ1v) is 13.8. The van der Waals surface area contributed by atoms with E-state index in [-0.39, 0.29) is 23.2 Å². The van der Waals surface area contributed by atoms with Gasteiger partial charge in [0.15, 0.2) is 11.4 Å². The molecule has 3 saturated carbocycles. The van der Waals surface area contributed by atoms with Crippen LogP contribution in [0.1, 0.15) is 86.5 Å². The molecule has 2 N–H and O–H groups in total. The van der Waals surface area contributed by atoms with Crippen molar-refractivity contribution in [3.05, 3.63) is 47.6 Å². The molecule has 0 radical (unpaired) electrons. The molecule has 0 bridgehead atoms. The second-order valence-corrected chi connectivity index (χ2v) is 12.4. The lowest BCUT2D eigenvalue weighted by Gasteiger charge is -2.47. The number of carbonyl (C=O) groups is 2. The Morgan fingerprint density at radius 3 is 2.54 bits per heavy atom. The van der Waals surface area contributed by atoms with Crippen molar-refractivity contribution in [3.63, 3.8) is 0 Å². The van der Waals surface area contributed by atoms with Crippen molar-refractivity contribution in [1.82, 2.24) is 0 Å². The molecular formula is C31H46O6. The summed E-state index contributed by atoms with van der Waals surface area (Å²) in [5.74, 6) is 0.593. The number of ether oxygens (including phenoxy) is 2. The molecule has 206 valence electrons. The molecule has 0 aromatic heterocycles. The zero-order valence-electron chi connectivity index (χ0n) is 23.5. The molecule has 0 saturated heterocycles. The van der Waals surface area contributed by atoms with Crippen molar-refractivity contribution >= 4 is 11.9 Å². The van der Waals surface area contributed by atoms with Gasteiger partial charge >= 0.3 is 6.16 Å². The number of carbonyl (C=O) groups excluding carboxylic acids is 2. The second kappa shape index (κ2) is 11.3. The molecule has 3 fully saturated rings. The van der Waals surface area contributed by atoms with Crippen molar-refractivity contribution in [1.29, 1.82) is 0 Å². The minimum Gasteiger partial charge on any atom is -0.435 e. The fourth-order valence-electron chi connectivity index (χ4n) is 6.94. The van der Waals surface area contributed by atoms with Gasteiger partial charge in [0, 0.05) is 6.42 Å². The van der Waals surface area contributed by atoms with Gasteiger partial charge in [0.1, 0.15) is 0 Å². The average Bonchev–Trinajstić information content (AvgIpc) is 3.17. The Labute approximate surface area is 222 Å². The van der Waals surface area contributed by atoms with E-state index in [9.17, 15) is 19.8 Å². The van der Waals surface area contributed by atoms with Crippen LogP contribution in [-0.2, 0) is 14.3 Å². The third-order valence-corrected chi connectivity index (χ3v) is 8.99. The lowest BCUT2D eigenvalue weighted by atomic mass is 9.57. The molecule has 3 aliphatic rings. The summed E-state index contributed by atoms with van der Waals surface area (Å²) in [6.07, 6.45) is 12.2. The van der Waals surface area contributed by atoms with E-state index in [1.807, 2.05) is 6.08 Å². The van der Waals surface area contributed by atoms with Gasteiger partial charge in [-0.2, -0.15) is 0 Å². The number of allylic oxidation sites excluding steroid dienone is 4. The third-order valence-electron chi connectivity index (χ3n) is 8.99. The van der Waals surface area contributed by atoms with Gasteiger partial charge in [-0.25, -0.2) is 4.79 Å². The van der Waals surface area contributed by atoms with Crippen molar-refractivity contribution in [2.24, 2.45) is 22.7 Å². The smallest absolute Gasteiger partial charge is 0.435 e. The highest BCUT2D eigenvalue weighted by atomic mass is 16.7. The Kier molecular flexibility index (Phi) is 8.96. The van der Waals surface area contributed by atoms with E-state index in [0.717, 1.165) is 43.3 Å². The Morgan fingerprint density at radius 2 is 1.86 bits per heavy atom. The second-order valence-electron chi connectivity index (χ2n) is 12.4. The topological polar surface area (TPSA) is 93.1 Å². The van der Waals surface area contributed by atoms with Crippen molar-refractivity contribution in [2.75, 3.05) is 6.61 Å².